The summed E-state index contributed by atoms with van der Waals surface area (Å²) < 4.78 is 40.4. The summed E-state index contributed by atoms with van der Waals surface area (Å²) in [5.41, 5.74) is 8.95. The minimum atomic E-state index is -4.21. The van der Waals surface area contributed by atoms with Crippen molar-refractivity contribution in [3.05, 3.63) is 67.7 Å². The molecule has 1 aromatic heterocycles. The Bertz CT molecular complexity index is 943. The van der Waals surface area contributed by atoms with Crippen LogP contribution in [0.4, 0.5) is 13.2 Å². The lowest BCUT2D eigenvalue weighted by atomic mass is 9.81. The lowest BCUT2D eigenvalue weighted by Gasteiger charge is -2.30. The normalized spacial score (nSPS) is 19.9. The van der Waals surface area contributed by atoms with Gasteiger partial charge in [0.15, 0.2) is 0 Å². The van der Waals surface area contributed by atoms with E-state index in [9.17, 15) is 18.0 Å². The fraction of sp³-hybridized carbons (Fsp3) is 0.444. The van der Waals surface area contributed by atoms with E-state index in [4.69, 9.17) is 17.1 Å². The van der Waals surface area contributed by atoms with Crippen molar-refractivity contribution >= 4 is 11.6 Å². The van der Waals surface area contributed by atoms with Gasteiger partial charge in [-0.2, -0.15) is 13.2 Å². The molecular weight excluding hydrogens is 395 g/mol. The number of azide groups is 1. The maximum Gasteiger partial charge on any atom is 0.391 e. The molecule has 1 aromatic carbocycles. The van der Waals surface area contributed by atoms with Gasteiger partial charge in [-0.05, 0) is 55.5 Å². The minimum absolute atomic E-state index is 0.00870. The molecule has 1 heterocycles. The van der Waals surface area contributed by atoms with Gasteiger partial charge in [0, 0.05) is 21.9 Å². The molecule has 6 nitrogen and oxygen atoms in total. The molecule has 0 radical (unpaired) electrons. The van der Waals surface area contributed by atoms with Gasteiger partial charge in [-0.3, -0.25) is 9.36 Å². The Morgan fingerprint density at radius 3 is 2.43 bits per heavy atom. The fourth-order valence-electron chi connectivity index (χ4n) is 3.54. The second-order valence-electron chi connectivity index (χ2n) is 6.73. The Morgan fingerprint density at radius 2 is 1.86 bits per heavy atom. The van der Waals surface area contributed by atoms with Gasteiger partial charge >= 0.3 is 6.18 Å². The van der Waals surface area contributed by atoms with Crippen molar-refractivity contribution in [2.45, 2.75) is 44.3 Å². The molecule has 10 heteroatoms. The maximum absolute atomic E-state index is 13.0. The molecule has 1 fully saturated rings. The number of halogens is 4. The number of aromatic nitrogens is 2. The molecule has 0 spiro atoms. The van der Waals surface area contributed by atoms with Crippen LogP contribution in [-0.2, 0) is 6.54 Å². The van der Waals surface area contributed by atoms with Crippen LogP contribution in [-0.4, -0.2) is 15.7 Å². The zero-order chi connectivity index (χ0) is 20.3. The first-order chi connectivity index (χ1) is 13.3. The molecule has 3 rings (SSSR count). The van der Waals surface area contributed by atoms with Crippen LogP contribution in [0, 0.1) is 5.92 Å². The predicted molar refractivity (Wildman–Crippen MR) is 98.4 cm³/mol. The zero-order valence-electron chi connectivity index (χ0n) is 14.7. The second-order valence-corrected chi connectivity index (χ2v) is 7.17. The fourth-order valence-corrected chi connectivity index (χ4v) is 3.66. The molecule has 0 aliphatic heterocycles. The molecule has 0 N–H and O–H groups in total. The first-order valence-corrected chi connectivity index (χ1v) is 9.13. The monoisotopic (exact) mass is 411 g/mol. The van der Waals surface area contributed by atoms with Gasteiger partial charge in [-0.25, -0.2) is 4.98 Å². The van der Waals surface area contributed by atoms with Crippen LogP contribution in [0.5, 0.6) is 0 Å². The third-order valence-corrected chi connectivity index (χ3v) is 5.19. The summed E-state index contributed by atoms with van der Waals surface area (Å²) in [6.07, 6.45) is -3.68. The molecule has 0 bridgehead atoms. The Labute approximate surface area is 163 Å². The second kappa shape index (κ2) is 8.24. The van der Waals surface area contributed by atoms with Gasteiger partial charge in [0.2, 0.25) is 0 Å². The third kappa shape index (κ3) is 4.48. The predicted octanol–water partition coefficient (Wildman–Crippen LogP) is 5.53. The van der Waals surface area contributed by atoms with Gasteiger partial charge in [0.1, 0.15) is 5.82 Å². The highest BCUT2D eigenvalue weighted by Gasteiger charge is 2.42. The number of nitrogens with zero attached hydrogens (tertiary/aromatic N) is 5. The van der Waals surface area contributed by atoms with Crippen LogP contribution in [0.2, 0.25) is 5.02 Å². The summed E-state index contributed by atoms with van der Waals surface area (Å²) in [5, 5.41) is 3.93. The summed E-state index contributed by atoms with van der Waals surface area (Å²) in [7, 11) is 0. The van der Waals surface area contributed by atoms with Gasteiger partial charge in [0.05, 0.1) is 23.8 Å². The van der Waals surface area contributed by atoms with Crippen molar-refractivity contribution in [2.75, 3.05) is 0 Å². The molecule has 1 aliphatic rings. The highest BCUT2D eigenvalue weighted by Crippen LogP contribution is 2.42. The highest BCUT2D eigenvalue weighted by molar-refractivity contribution is 6.30. The standard InChI is InChI=1S/C18H17ClF3N5O/c19-13-5-7-15(8-6-13)27-16(28)9-14(10-24-26-23)25-17(27)11-1-3-12(4-2-11)18(20,21)22/h5-9,11-12H,1-4,10H2/t11-,12+. The number of alkyl halides is 3. The summed E-state index contributed by atoms with van der Waals surface area (Å²) in [6.45, 7) is -0.0991. The topological polar surface area (TPSA) is 83.7 Å². The average molecular weight is 412 g/mol. The summed E-state index contributed by atoms with van der Waals surface area (Å²) in [6, 6.07) is 7.84. The first-order valence-electron chi connectivity index (χ1n) is 8.76. The smallest absolute Gasteiger partial charge is 0.269 e. The van der Waals surface area contributed by atoms with Crippen molar-refractivity contribution in [3.8, 4) is 5.69 Å². The minimum Gasteiger partial charge on any atom is -0.269 e. The van der Waals surface area contributed by atoms with E-state index in [1.165, 1.54) is 10.6 Å². The van der Waals surface area contributed by atoms with Crippen LogP contribution in [0.15, 0.2) is 40.2 Å². The highest BCUT2D eigenvalue weighted by atomic mass is 35.5. The molecular formula is C18H17ClF3N5O. The maximum atomic E-state index is 13.0. The van der Waals surface area contributed by atoms with E-state index < -0.39 is 12.1 Å². The number of hydrogen-bond donors (Lipinski definition) is 0. The van der Waals surface area contributed by atoms with Crippen LogP contribution >= 0.6 is 11.6 Å². The van der Waals surface area contributed by atoms with Crippen LogP contribution in [0.25, 0.3) is 16.1 Å². The molecule has 0 amide bonds. The Balaban J connectivity index is 2.01. The van der Waals surface area contributed by atoms with Gasteiger partial charge in [-0.1, -0.05) is 16.7 Å². The van der Waals surface area contributed by atoms with Crippen molar-refractivity contribution in [1.82, 2.24) is 9.55 Å². The van der Waals surface area contributed by atoms with Gasteiger partial charge in [0.25, 0.3) is 5.56 Å². The van der Waals surface area contributed by atoms with E-state index >= 15 is 0 Å². The molecule has 0 unspecified atom stereocenters. The average Bonchev–Trinajstić information content (AvgIpc) is 2.66. The van der Waals surface area contributed by atoms with Crippen LogP contribution in [0.3, 0.4) is 0 Å². The van der Waals surface area contributed by atoms with E-state index in [-0.39, 0.29) is 43.7 Å². The lowest BCUT2D eigenvalue weighted by Crippen LogP contribution is -2.31. The number of rotatable bonds is 4. The van der Waals surface area contributed by atoms with E-state index in [2.05, 4.69) is 15.0 Å². The van der Waals surface area contributed by atoms with Crippen molar-refractivity contribution in [3.63, 3.8) is 0 Å². The molecule has 2 aromatic rings. The van der Waals surface area contributed by atoms with E-state index in [1.807, 2.05) is 0 Å². The Morgan fingerprint density at radius 1 is 1.21 bits per heavy atom. The Hall–Kier alpha value is -2.51. The lowest BCUT2D eigenvalue weighted by molar-refractivity contribution is -0.182. The number of hydrogen-bond acceptors (Lipinski definition) is 3. The van der Waals surface area contributed by atoms with Crippen molar-refractivity contribution < 1.29 is 13.2 Å². The molecule has 1 saturated carbocycles. The molecule has 1 aliphatic carbocycles. The zero-order valence-corrected chi connectivity index (χ0v) is 15.5. The quantitative estimate of drug-likeness (QED) is 0.376. The number of benzene rings is 1. The van der Waals surface area contributed by atoms with Crippen molar-refractivity contribution in [1.29, 1.82) is 0 Å². The molecule has 28 heavy (non-hydrogen) atoms. The van der Waals surface area contributed by atoms with E-state index in [1.54, 1.807) is 24.3 Å². The first kappa shape index (κ1) is 20.2. The van der Waals surface area contributed by atoms with Gasteiger partial charge < -0.3 is 0 Å². The Kier molecular flexibility index (Phi) is 5.96. The molecule has 0 saturated heterocycles. The summed E-state index contributed by atoms with van der Waals surface area (Å²) >= 11 is 5.91. The SMILES string of the molecule is [N-]=[N+]=NCc1cc(=O)n(-c2ccc(Cl)cc2)c([C@H]2CC[C@@H](C(F)(F)F)CC2)n1. The van der Waals surface area contributed by atoms with E-state index in [0.717, 1.165) is 0 Å². The van der Waals surface area contributed by atoms with Crippen LogP contribution < -0.4 is 5.56 Å². The third-order valence-electron chi connectivity index (χ3n) is 4.93. The van der Waals surface area contributed by atoms with Crippen molar-refractivity contribution in [2.24, 2.45) is 11.0 Å². The van der Waals surface area contributed by atoms with E-state index in [0.29, 0.717) is 22.2 Å². The van der Waals surface area contributed by atoms with Gasteiger partial charge in [-0.15, -0.1) is 0 Å². The largest absolute Gasteiger partial charge is 0.391 e. The molecule has 148 valence electrons. The summed E-state index contributed by atoms with van der Waals surface area (Å²) in [5.74, 6) is -1.24. The molecule has 0 atom stereocenters. The van der Waals surface area contributed by atoms with Crippen LogP contribution in [0.1, 0.15) is 43.1 Å². The summed E-state index contributed by atoms with van der Waals surface area (Å²) in [4.78, 5) is 19.9.